The molecule has 4 rings (SSSR count). The molecule has 204 valence electrons. The summed E-state index contributed by atoms with van der Waals surface area (Å²) in [6.45, 7) is 0. The quantitative estimate of drug-likeness (QED) is 0.111. The first-order chi connectivity index (χ1) is 18.2. The smallest absolute Gasteiger partial charge is 0.744 e. The topological polar surface area (TPSA) is 246 Å². The van der Waals surface area contributed by atoms with Crippen molar-refractivity contribution in [1.82, 2.24) is 15.0 Å². The Hall–Kier alpha value is -1.20. The third-order valence-electron chi connectivity index (χ3n) is 4.84. The Morgan fingerprint density at radius 1 is 0.429 bits per heavy atom. The summed E-state index contributed by atoms with van der Waals surface area (Å²) in [6.07, 6.45) is 0. The molecule has 0 amide bonds. The Morgan fingerprint density at radius 3 is 0.857 bits per heavy atom. The van der Waals surface area contributed by atoms with Crippen molar-refractivity contribution in [1.29, 1.82) is 0 Å². The van der Waals surface area contributed by atoms with Crippen LogP contribution >= 0.6 is 0 Å². The average Bonchev–Trinajstić information content (AvgIpc) is 2.83. The third kappa shape index (κ3) is 10.2. The molecule has 0 unspecified atom stereocenters. The molecule has 0 bridgehead atoms. The first-order valence-corrected chi connectivity index (χ1v) is 14.7. The van der Waals surface area contributed by atoms with Crippen molar-refractivity contribution in [2.45, 2.75) is 14.7 Å². The molecular formula is C21H15N6Na3O9S3. The molecule has 0 saturated heterocycles. The molecule has 3 N–H and O–H groups in total. The summed E-state index contributed by atoms with van der Waals surface area (Å²) in [5, 5.41) is 7.62. The maximum atomic E-state index is 11.7. The van der Waals surface area contributed by atoms with Gasteiger partial charge >= 0.3 is 88.7 Å². The maximum absolute atomic E-state index is 11.7. The number of benzene rings is 3. The van der Waals surface area contributed by atoms with Gasteiger partial charge in [-0.1, -0.05) is 36.4 Å². The van der Waals surface area contributed by atoms with Gasteiger partial charge in [0.25, 0.3) is 0 Å². The normalized spacial score (nSPS) is 11.2. The fraction of sp³-hybridized carbons (Fsp3) is 0. The number of anilines is 6. The summed E-state index contributed by atoms with van der Waals surface area (Å²) in [4.78, 5) is 10.2. The standard InChI is InChI=1S/C21H18N6O9S3.3Na/c28-37(29,30)16-10-4-1-7-13(16)22-19-25-20(23-14-8-2-5-11-17(14)38(31,32)33)27-21(26-19)24-15-9-3-6-12-18(15)39(34,35)36;;;/h1-12H,(H,28,29,30)(H,31,32,33)(H,34,35,36)(H3,22,23,24,25,26,27);;;/q;3*+1/p-3. The van der Waals surface area contributed by atoms with Gasteiger partial charge in [-0.25, -0.2) is 25.3 Å². The summed E-state index contributed by atoms with van der Waals surface area (Å²) >= 11 is 0. The molecule has 4 aromatic rings. The van der Waals surface area contributed by atoms with Gasteiger partial charge in [0.05, 0.1) is 31.7 Å². The second-order valence-corrected chi connectivity index (χ2v) is 11.6. The minimum atomic E-state index is -4.93. The number of nitrogens with one attached hydrogen (secondary N) is 3. The van der Waals surface area contributed by atoms with Crippen LogP contribution in [0.25, 0.3) is 0 Å². The second-order valence-electron chi connectivity index (χ2n) is 7.53. The van der Waals surface area contributed by atoms with E-state index in [1.807, 2.05) is 0 Å². The second kappa shape index (κ2) is 15.7. The molecule has 0 fully saturated rings. The van der Waals surface area contributed by atoms with E-state index < -0.39 is 62.9 Å². The zero-order valence-corrected chi connectivity index (χ0v) is 30.6. The molecule has 0 aliphatic heterocycles. The average molecular weight is 661 g/mol. The Bertz CT molecular complexity index is 1670. The monoisotopic (exact) mass is 660 g/mol. The maximum Gasteiger partial charge on any atom is 1.00 e. The van der Waals surface area contributed by atoms with E-state index in [-0.39, 0.29) is 106 Å². The van der Waals surface area contributed by atoms with Gasteiger partial charge < -0.3 is 29.6 Å². The van der Waals surface area contributed by atoms with Gasteiger partial charge in [0.1, 0.15) is 30.4 Å². The Balaban J connectivity index is 0.00000294. The van der Waals surface area contributed by atoms with E-state index in [0.29, 0.717) is 0 Å². The molecule has 1 heterocycles. The molecule has 0 spiro atoms. The van der Waals surface area contributed by atoms with Crippen molar-refractivity contribution in [2.75, 3.05) is 16.0 Å². The first-order valence-electron chi connectivity index (χ1n) is 10.4. The molecule has 0 saturated carbocycles. The predicted octanol–water partition coefficient (Wildman–Crippen LogP) is -7.17. The van der Waals surface area contributed by atoms with Crippen molar-refractivity contribution < 1.29 is 128 Å². The van der Waals surface area contributed by atoms with E-state index in [2.05, 4.69) is 30.9 Å². The minimum Gasteiger partial charge on any atom is -0.744 e. The van der Waals surface area contributed by atoms with Crippen molar-refractivity contribution in [3.05, 3.63) is 72.8 Å². The number of nitrogens with zero attached hydrogens (tertiary/aromatic N) is 3. The molecule has 15 nitrogen and oxygen atoms in total. The van der Waals surface area contributed by atoms with Gasteiger partial charge in [-0.15, -0.1) is 0 Å². The van der Waals surface area contributed by atoms with Crippen LogP contribution < -0.4 is 105 Å². The zero-order chi connectivity index (χ0) is 28.4. The van der Waals surface area contributed by atoms with E-state index in [9.17, 15) is 38.9 Å². The van der Waals surface area contributed by atoms with Crippen LogP contribution in [0, 0.1) is 0 Å². The van der Waals surface area contributed by atoms with E-state index in [1.54, 1.807) is 0 Å². The van der Waals surface area contributed by atoms with Gasteiger partial charge in [-0.2, -0.15) is 15.0 Å². The number of aromatic nitrogens is 3. The van der Waals surface area contributed by atoms with Crippen LogP contribution in [-0.2, 0) is 30.4 Å². The number of hydrogen-bond acceptors (Lipinski definition) is 15. The van der Waals surface area contributed by atoms with Gasteiger partial charge in [0.15, 0.2) is 0 Å². The van der Waals surface area contributed by atoms with Gasteiger partial charge in [-0.3, -0.25) is 0 Å². The van der Waals surface area contributed by atoms with E-state index in [1.165, 1.54) is 54.6 Å². The van der Waals surface area contributed by atoms with Crippen LogP contribution in [0.5, 0.6) is 0 Å². The van der Waals surface area contributed by atoms with Crippen LogP contribution in [0.15, 0.2) is 87.5 Å². The molecule has 0 aliphatic rings. The van der Waals surface area contributed by atoms with Gasteiger partial charge in [0.2, 0.25) is 17.8 Å². The fourth-order valence-corrected chi connectivity index (χ4v) is 5.17. The summed E-state index contributed by atoms with van der Waals surface area (Å²) in [7, 11) is -14.8. The van der Waals surface area contributed by atoms with Crippen molar-refractivity contribution in [2.24, 2.45) is 0 Å². The van der Waals surface area contributed by atoms with Crippen molar-refractivity contribution >= 4 is 65.3 Å². The summed E-state index contributed by atoms with van der Waals surface area (Å²) in [5.74, 6) is -1.18. The predicted molar refractivity (Wildman–Crippen MR) is 133 cm³/mol. The van der Waals surface area contributed by atoms with Crippen molar-refractivity contribution in [3.63, 3.8) is 0 Å². The first kappa shape index (κ1) is 38.8. The van der Waals surface area contributed by atoms with Crippen LogP contribution in [-0.4, -0.2) is 53.9 Å². The molecular weight excluding hydrogens is 645 g/mol. The number of para-hydroxylation sites is 3. The van der Waals surface area contributed by atoms with E-state index >= 15 is 0 Å². The fourth-order valence-electron chi connectivity index (χ4n) is 3.27. The summed E-state index contributed by atoms with van der Waals surface area (Å²) < 4.78 is 105. The Morgan fingerprint density at radius 2 is 0.643 bits per heavy atom. The van der Waals surface area contributed by atoms with Crippen LogP contribution in [0.2, 0.25) is 0 Å². The van der Waals surface area contributed by atoms with Crippen molar-refractivity contribution in [3.8, 4) is 0 Å². The molecule has 3 aromatic carbocycles. The van der Waals surface area contributed by atoms with Gasteiger partial charge in [-0.05, 0) is 36.4 Å². The molecule has 42 heavy (non-hydrogen) atoms. The molecule has 0 aliphatic carbocycles. The van der Waals surface area contributed by atoms with E-state index in [4.69, 9.17) is 0 Å². The Labute approximate surface area is 307 Å². The van der Waals surface area contributed by atoms with Crippen LogP contribution in [0.1, 0.15) is 0 Å². The van der Waals surface area contributed by atoms with Gasteiger partial charge in [0, 0.05) is 0 Å². The third-order valence-corrected chi connectivity index (χ3v) is 7.53. The number of hydrogen-bond donors (Lipinski definition) is 3. The molecule has 0 atom stereocenters. The summed E-state index contributed by atoms with van der Waals surface area (Å²) in [5.41, 5.74) is -0.665. The number of rotatable bonds is 9. The summed E-state index contributed by atoms with van der Waals surface area (Å²) in [6, 6.07) is 15.0. The zero-order valence-electron chi connectivity index (χ0n) is 22.2. The van der Waals surface area contributed by atoms with Crippen LogP contribution in [0.4, 0.5) is 34.9 Å². The Kier molecular flexibility index (Phi) is 14.5. The molecule has 0 radical (unpaired) electrons. The minimum absolute atomic E-state index is 0. The molecule has 21 heteroatoms. The van der Waals surface area contributed by atoms with E-state index in [0.717, 1.165) is 18.2 Å². The van der Waals surface area contributed by atoms with Crippen LogP contribution in [0.3, 0.4) is 0 Å². The SMILES string of the molecule is O=S(=O)([O-])c1ccccc1Nc1nc(Nc2ccccc2S(=O)(=O)[O-])nc(Nc2ccccc2S(=O)(=O)[O-])n1.[Na+].[Na+].[Na+]. The largest absolute Gasteiger partial charge is 1.00 e. The molecule has 1 aromatic heterocycles.